The van der Waals surface area contributed by atoms with Gasteiger partial charge in [-0.3, -0.25) is 4.79 Å². The van der Waals surface area contributed by atoms with Crippen LogP contribution in [-0.4, -0.2) is 62.5 Å². The van der Waals surface area contributed by atoms with Gasteiger partial charge in [0.25, 0.3) is 5.91 Å². The van der Waals surface area contributed by atoms with Gasteiger partial charge in [-0.05, 0) is 52.3 Å². The minimum Gasteiger partial charge on any atom is -0.334 e. The van der Waals surface area contributed by atoms with Crippen molar-refractivity contribution in [1.82, 2.24) is 24.4 Å². The summed E-state index contributed by atoms with van der Waals surface area (Å²) in [5, 5.41) is 4.44. The predicted molar refractivity (Wildman–Crippen MR) is 87.4 cm³/mol. The van der Waals surface area contributed by atoms with Gasteiger partial charge in [0, 0.05) is 31.0 Å². The lowest BCUT2D eigenvalue weighted by molar-refractivity contribution is 0.0665. The maximum atomic E-state index is 13.2. The zero-order valence-corrected chi connectivity index (χ0v) is 13.8. The Morgan fingerprint density at radius 3 is 2.78 bits per heavy atom. The van der Waals surface area contributed by atoms with Gasteiger partial charge in [-0.15, -0.1) is 0 Å². The molecule has 23 heavy (non-hydrogen) atoms. The Hall–Kier alpha value is -1.95. The van der Waals surface area contributed by atoms with Crippen molar-refractivity contribution in [2.24, 2.45) is 0 Å². The summed E-state index contributed by atoms with van der Waals surface area (Å²) >= 11 is 0. The summed E-state index contributed by atoms with van der Waals surface area (Å²) < 4.78 is 1.70. The number of rotatable bonds is 2. The second-order valence-corrected chi connectivity index (χ2v) is 6.75. The van der Waals surface area contributed by atoms with Crippen LogP contribution >= 0.6 is 0 Å². The molecule has 2 atom stereocenters. The number of hydrogen-bond donors (Lipinski definition) is 0. The molecule has 2 fully saturated rings. The highest BCUT2D eigenvalue weighted by atomic mass is 16.2. The number of amides is 1. The van der Waals surface area contributed by atoms with Gasteiger partial charge in [-0.1, -0.05) is 0 Å². The van der Waals surface area contributed by atoms with Gasteiger partial charge in [0.05, 0.1) is 5.69 Å². The van der Waals surface area contributed by atoms with Crippen molar-refractivity contribution in [1.29, 1.82) is 0 Å². The summed E-state index contributed by atoms with van der Waals surface area (Å²) in [6, 6.07) is 2.66. The molecule has 0 saturated carbocycles. The van der Waals surface area contributed by atoms with E-state index in [0.29, 0.717) is 23.3 Å². The largest absolute Gasteiger partial charge is 0.334 e. The van der Waals surface area contributed by atoms with Crippen LogP contribution in [0.2, 0.25) is 0 Å². The van der Waals surface area contributed by atoms with E-state index in [-0.39, 0.29) is 5.91 Å². The molecular weight excluding hydrogens is 290 g/mol. The highest BCUT2D eigenvalue weighted by Crippen LogP contribution is 2.31. The molecule has 2 aliphatic heterocycles. The Kier molecular flexibility index (Phi) is 3.56. The van der Waals surface area contributed by atoms with Gasteiger partial charge < -0.3 is 9.80 Å². The summed E-state index contributed by atoms with van der Waals surface area (Å²) in [4.78, 5) is 22.1. The molecule has 6 nitrogen and oxygen atoms in total. The first-order valence-electron chi connectivity index (χ1n) is 8.48. The highest BCUT2D eigenvalue weighted by molar-refractivity contribution is 6.01. The molecule has 4 heterocycles. The van der Waals surface area contributed by atoms with Gasteiger partial charge in [-0.2, -0.15) is 5.10 Å². The quantitative estimate of drug-likeness (QED) is 0.847. The van der Waals surface area contributed by atoms with Gasteiger partial charge in [0.15, 0.2) is 5.65 Å². The van der Waals surface area contributed by atoms with E-state index in [1.54, 1.807) is 10.7 Å². The fourth-order valence-electron chi connectivity index (χ4n) is 4.26. The minimum atomic E-state index is 0.0963. The predicted octanol–water partition coefficient (Wildman–Crippen LogP) is 1.74. The lowest BCUT2D eigenvalue weighted by Crippen LogP contribution is -2.47. The van der Waals surface area contributed by atoms with Crippen molar-refractivity contribution in [2.45, 2.75) is 44.7 Å². The van der Waals surface area contributed by atoms with E-state index in [4.69, 9.17) is 0 Å². The monoisotopic (exact) mass is 313 g/mol. The van der Waals surface area contributed by atoms with Crippen LogP contribution in [0.3, 0.4) is 0 Å². The van der Waals surface area contributed by atoms with Crippen LogP contribution in [0.15, 0.2) is 18.5 Å². The van der Waals surface area contributed by atoms with Crippen molar-refractivity contribution in [3.63, 3.8) is 0 Å². The smallest absolute Gasteiger partial charge is 0.259 e. The molecule has 2 aliphatic rings. The standard InChI is InChI=1S/C17H23N5O/c1-12-15(16-18-8-5-11-22(16)19-12)17(23)21-10-4-7-14(21)13-6-3-9-20(13)2/h5,8,11,13-14H,3-4,6-7,9-10H2,1-2H3. The lowest BCUT2D eigenvalue weighted by atomic mass is 10.0. The SMILES string of the molecule is Cc1nn2cccnc2c1C(=O)N1CCCC1C1CCCN1C. The van der Waals surface area contributed by atoms with Crippen molar-refractivity contribution < 1.29 is 4.79 Å². The van der Waals surface area contributed by atoms with E-state index in [1.807, 2.05) is 19.2 Å². The van der Waals surface area contributed by atoms with Crippen LogP contribution in [0.5, 0.6) is 0 Å². The molecule has 0 N–H and O–H groups in total. The molecule has 0 spiro atoms. The first-order chi connectivity index (χ1) is 11.2. The molecule has 2 unspecified atom stereocenters. The normalized spacial score (nSPS) is 25.6. The maximum Gasteiger partial charge on any atom is 0.259 e. The van der Waals surface area contributed by atoms with E-state index in [0.717, 1.165) is 31.6 Å². The summed E-state index contributed by atoms with van der Waals surface area (Å²) in [7, 11) is 2.18. The van der Waals surface area contributed by atoms with Crippen LogP contribution in [0.4, 0.5) is 0 Å². The fourth-order valence-corrected chi connectivity index (χ4v) is 4.26. The third-order valence-electron chi connectivity index (χ3n) is 5.37. The Labute approximate surface area is 136 Å². The van der Waals surface area contributed by atoms with Crippen LogP contribution in [-0.2, 0) is 0 Å². The number of carbonyl (C=O) groups excluding carboxylic acids is 1. The number of aryl methyl sites for hydroxylation is 1. The van der Waals surface area contributed by atoms with Crippen LogP contribution in [0.1, 0.15) is 41.7 Å². The number of nitrogens with zero attached hydrogens (tertiary/aromatic N) is 5. The topological polar surface area (TPSA) is 53.7 Å². The second kappa shape index (κ2) is 5.60. The highest BCUT2D eigenvalue weighted by Gasteiger charge is 2.39. The van der Waals surface area contributed by atoms with Gasteiger partial charge in [0.2, 0.25) is 0 Å². The van der Waals surface area contributed by atoms with Gasteiger partial charge in [-0.25, -0.2) is 9.50 Å². The maximum absolute atomic E-state index is 13.2. The molecule has 2 aromatic rings. The fraction of sp³-hybridized carbons (Fsp3) is 0.588. The van der Waals surface area contributed by atoms with E-state index >= 15 is 0 Å². The van der Waals surface area contributed by atoms with Gasteiger partial charge >= 0.3 is 0 Å². The zero-order valence-electron chi connectivity index (χ0n) is 13.8. The Balaban J connectivity index is 1.68. The minimum absolute atomic E-state index is 0.0963. The Morgan fingerprint density at radius 2 is 2.00 bits per heavy atom. The summed E-state index contributed by atoms with van der Waals surface area (Å²) in [5.41, 5.74) is 2.10. The number of aromatic nitrogens is 3. The van der Waals surface area contributed by atoms with Crippen molar-refractivity contribution in [3.8, 4) is 0 Å². The number of hydrogen-bond acceptors (Lipinski definition) is 4. The molecular formula is C17H23N5O. The number of likely N-dealkylation sites (N-methyl/N-ethyl adjacent to an activating group) is 1. The average Bonchev–Trinajstić information content (AvgIpc) is 3.23. The van der Waals surface area contributed by atoms with Crippen LogP contribution in [0, 0.1) is 6.92 Å². The van der Waals surface area contributed by atoms with E-state index in [9.17, 15) is 4.79 Å². The molecule has 0 bridgehead atoms. The summed E-state index contributed by atoms with van der Waals surface area (Å²) in [6.45, 7) is 3.88. The molecule has 2 saturated heterocycles. The van der Waals surface area contributed by atoms with Crippen molar-refractivity contribution >= 4 is 11.6 Å². The first kappa shape index (κ1) is 14.6. The third kappa shape index (κ3) is 2.32. The van der Waals surface area contributed by atoms with E-state index < -0.39 is 0 Å². The molecule has 2 aromatic heterocycles. The molecule has 0 aromatic carbocycles. The summed E-state index contributed by atoms with van der Waals surface area (Å²) in [5.74, 6) is 0.0963. The van der Waals surface area contributed by atoms with Crippen molar-refractivity contribution in [3.05, 3.63) is 29.7 Å². The zero-order chi connectivity index (χ0) is 16.0. The lowest BCUT2D eigenvalue weighted by Gasteiger charge is -2.33. The van der Waals surface area contributed by atoms with Crippen LogP contribution < -0.4 is 0 Å². The molecule has 4 rings (SSSR count). The molecule has 0 radical (unpaired) electrons. The molecule has 6 heteroatoms. The average molecular weight is 313 g/mol. The molecule has 1 amide bonds. The van der Waals surface area contributed by atoms with Crippen molar-refractivity contribution in [2.75, 3.05) is 20.1 Å². The number of fused-ring (bicyclic) bond motifs is 1. The molecule has 122 valence electrons. The number of carbonyl (C=O) groups is 1. The summed E-state index contributed by atoms with van der Waals surface area (Å²) in [6.07, 6.45) is 8.19. The van der Waals surface area contributed by atoms with Gasteiger partial charge in [0.1, 0.15) is 5.56 Å². The first-order valence-corrected chi connectivity index (χ1v) is 8.48. The number of likely N-dealkylation sites (tertiary alicyclic amines) is 2. The van der Waals surface area contributed by atoms with Crippen LogP contribution in [0.25, 0.3) is 5.65 Å². The molecule has 0 aliphatic carbocycles. The third-order valence-corrected chi connectivity index (χ3v) is 5.37. The van der Waals surface area contributed by atoms with E-state index in [2.05, 4.69) is 26.9 Å². The second-order valence-electron chi connectivity index (χ2n) is 6.75. The Bertz CT molecular complexity index is 740. The van der Waals surface area contributed by atoms with E-state index in [1.165, 1.54) is 12.8 Å². The Morgan fingerprint density at radius 1 is 1.22 bits per heavy atom.